The zero-order valence-corrected chi connectivity index (χ0v) is 27.4. The molecule has 1 amide bonds. The minimum Gasteiger partial charge on any atom is -0.453 e. The molecule has 0 aliphatic heterocycles. The van der Waals surface area contributed by atoms with Gasteiger partial charge in [-0.05, 0) is 62.1 Å². The highest BCUT2D eigenvalue weighted by molar-refractivity contribution is 7.89. The van der Waals surface area contributed by atoms with Crippen molar-refractivity contribution in [2.75, 3.05) is 19.5 Å². The van der Waals surface area contributed by atoms with Crippen molar-refractivity contribution in [1.29, 1.82) is 0 Å². The first-order chi connectivity index (χ1) is 22.2. The maximum atomic E-state index is 14.4. The predicted octanol–water partition coefficient (Wildman–Crippen LogP) is 5.89. The lowest BCUT2D eigenvalue weighted by atomic mass is 9.80. The molecule has 0 heterocycles. The molecule has 3 aromatic carbocycles. The maximum Gasteiger partial charge on any atom is 0.407 e. The monoisotopic (exact) mass is 677 g/mol. The average Bonchev–Trinajstić information content (AvgIpc) is 3.03. The minimum absolute atomic E-state index is 0.0619. The summed E-state index contributed by atoms with van der Waals surface area (Å²) in [4.78, 5) is 26.1. The van der Waals surface area contributed by atoms with Gasteiger partial charge < -0.3 is 20.9 Å². The van der Waals surface area contributed by atoms with Crippen LogP contribution in [0.3, 0.4) is 0 Å². The van der Waals surface area contributed by atoms with E-state index in [1.54, 1.807) is 74.5 Å². The number of hydrogen-bond acceptors (Lipinski definition) is 7. The lowest BCUT2D eigenvalue weighted by molar-refractivity contribution is -0.181. The number of Topliss-reactive ketones (excluding diaryl/α,β-unsaturated/α-hetero) is 1. The summed E-state index contributed by atoms with van der Waals surface area (Å²) in [5.41, 5.74) is 7.27. The summed E-state index contributed by atoms with van der Waals surface area (Å²) in [5, 5.41) is 12.6. The smallest absolute Gasteiger partial charge is 0.407 e. The second-order valence-electron chi connectivity index (χ2n) is 11.6. The second-order valence-corrected chi connectivity index (χ2v) is 13.4. The molecule has 3 atom stereocenters. The number of anilines is 1. The molecule has 256 valence electrons. The van der Waals surface area contributed by atoms with Gasteiger partial charge in [0.15, 0.2) is 5.78 Å². The fourth-order valence-corrected chi connectivity index (χ4v) is 7.58. The molecular formula is C34H42F3N3O6S. The van der Waals surface area contributed by atoms with Gasteiger partial charge in [-0.3, -0.25) is 4.79 Å². The molecule has 0 aliphatic carbocycles. The molecule has 0 fully saturated rings. The molecule has 0 bridgehead atoms. The molecule has 0 aliphatic rings. The number of methoxy groups -OCH3 is 1. The quantitative estimate of drug-likeness (QED) is 0.161. The standard InChI is InChI=1S/C34H42F3N3O6S/c1-23(2)40(47(44,45)29-19-17-27(38)18-20-29)28(22-41)16-10-15-26(34(35,36)37)21-30(42)32(39-33(43)46-3)31(24-11-6-4-7-12-24)25-13-8-5-9-14-25/h4-9,11-14,17-20,23,26,28,31-32,41H,10,15-16,21-22,38H2,1-3H3,(H,39,43). The molecule has 0 spiro atoms. The Labute approximate surface area is 274 Å². The third-order valence-electron chi connectivity index (χ3n) is 7.99. The molecular weight excluding hydrogens is 635 g/mol. The van der Waals surface area contributed by atoms with Gasteiger partial charge in [0.2, 0.25) is 10.0 Å². The normalized spacial score (nSPS) is 14.2. The highest BCUT2D eigenvalue weighted by Crippen LogP contribution is 2.36. The highest BCUT2D eigenvalue weighted by Gasteiger charge is 2.43. The van der Waals surface area contributed by atoms with Crippen LogP contribution >= 0.6 is 0 Å². The molecule has 3 unspecified atom stereocenters. The van der Waals surface area contributed by atoms with Crippen LogP contribution in [0.15, 0.2) is 89.8 Å². The Balaban J connectivity index is 1.86. The number of carbonyl (C=O) groups excluding carboxylic acids is 2. The van der Waals surface area contributed by atoms with Gasteiger partial charge in [-0.2, -0.15) is 17.5 Å². The number of aliphatic hydroxyl groups is 1. The van der Waals surface area contributed by atoms with Crippen LogP contribution in [0.25, 0.3) is 0 Å². The van der Waals surface area contributed by atoms with E-state index in [1.807, 2.05) is 0 Å². The third kappa shape index (κ3) is 10.0. The van der Waals surface area contributed by atoms with E-state index in [0.717, 1.165) is 11.4 Å². The van der Waals surface area contributed by atoms with Crippen LogP contribution in [0.2, 0.25) is 0 Å². The Bertz CT molecular complexity index is 1500. The lowest BCUT2D eigenvalue weighted by Gasteiger charge is -2.33. The van der Waals surface area contributed by atoms with E-state index >= 15 is 0 Å². The van der Waals surface area contributed by atoms with Gasteiger partial charge in [0.1, 0.15) is 6.04 Å². The Kier molecular flexibility index (Phi) is 13.4. The van der Waals surface area contributed by atoms with Crippen LogP contribution in [0.4, 0.5) is 23.7 Å². The maximum absolute atomic E-state index is 14.4. The van der Waals surface area contributed by atoms with E-state index in [1.165, 1.54) is 24.3 Å². The Hall–Kier alpha value is -3.94. The zero-order chi connectivity index (χ0) is 34.8. The van der Waals surface area contributed by atoms with Crippen LogP contribution < -0.4 is 11.1 Å². The number of halogens is 3. The van der Waals surface area contributed by atoms with E-state index < -0.39 is 77.5 Å². The minimum atomic E-state index is -4.77. The molecule has 47 heavy (non-hydrogen) atoms. The van der Waals surface area contributed by atoms with Gasteiger partial charge in [-0.15, -0.1) is 0 Å². The van der Waals surface area contributed by atoms with Gasteiger partial charge in [-0.1, -0.05) is 67.1 Å². The largest absolute Gasteiger partial charge is 0.453 e. The van der Waals surface area contributed by atoms with Crippen molar-refractivity contribution >= 4 is 27.6 Å². The molecule has 3 rings (SSSR count). The number of nitrogens with two attached hydrogens (primary N) is 1. The summed E-state index contributed by atoms with van der Waals surface area (Å²) < 4.78 is 76.0. The number of alkyl halides is 3. The van der Waals surface area contributed by atoms with Gasteiger partial charge in [-0.25, -0.2) is 13.2 Å². The number of sulfonamides is 1. The number of benzene rings is 3. The molecule has 0 aromatic heterocycles. The van der Waals surface area contributed by atoms with E-state index in [-0.39, 0.29) is 17.7 Å². The van der Waals surface area contributed by atoms with E-state index in [9.17, 15) is 36.3 Å². The van der Waals surface area contributed by atoms with Crippen molar-refractivity contribution in [3.8, 4) is 0 Å². The number of ketones is 1. The van der Waals surface area contributed by atoms with Crippen LogP contribution in [0, 0.1) is 5.92 Å². The van der Waals surface area contributed by atoms with Crippen molar-refractivity contribution in [2.45, 2.75) is 74.6 Å². The molecule has 0 radical (unpaired) electrons. The first kappa shape index (κ1) is 37.5. The van der Waals surface area contributed by atoms with Crippen LogP contribution in [0.5, 0.6) is 0 Å². The Morgan fingerprint density at radius 2 is 1.45 bits per heavy atom. The summed E-state index contributed by atoms with van der Waals surface area (Å²) in [7, 11) is -3.03. The Morgan fingerprint density at radius 1 is 0.915 bits per heavy atom. The number of nitrogens with one attached hydrogen (secondary N) is 1. The van der Waals surface area contributed by atoms with Crippen LogP contribution in [-0.4, -0.2) is 67.7 Å². The van der Waals surface area contributed by atoms with E-state index in [4.69, 9.17) is 10.5 Å². The SMILES string of the molecule is COC(=O)NC(C(=O)CC(CCCC(CO)N(C(C)C)S(=O)(=O)c1ccc(N)cc1)C(F)(F)F)C(c1ccccc1)c1ccccc1. The zero-order valence-electron chi connectivity index (χ0n) is 26.6. The lowest BCUT2D eigenvalue weighted by Crippen LogP contribution is -2.47. The number of amides is 1. The van der Waals surface area contributed by atoms with Crippen molar-refractivity contribution in [3.05, 3.63) is 96.1 Å². The fraction of sp³-hybridized carbons (Fsp3) is 0.412. The molecule has 0 saturated carbocycles. The first-order valence-electron chi connectivity index (χ1n) is 15.2. The number of hydrogen-bond donors (Lipinski definition) is 3. The van der Waals surface area contributed by atoms with Crippen LogP contribution in [0.1, 0.15) is 56.6 Å². The number of alkyl carbamates (subject to hydrolysis) is 1. The topological polar surface area (TPSA) is 139 Å². The number of carbonyl (C=O) groups is 2. The number of ether oxygens (including phenoxy) is 1. The fourth-order valence-electron chi connectivity index (χ4n) is 5.74. The molecule has 13 heteroatoms. The summed E-state index contributed by atoms with van der Waals surface area (Å²) in [6, 6.07) is 19.8. The van der Waals surface area contributed by atoms with Crippen molar-refractivity contribution in [1.82, 2.24) is 9.62 Å². The number of aliphatic hydroxyl groups excluding tert-OH is 1. The summed E-state index contributed by atoms with van der Waals surface area (Å²) in [6.45, 7) is 2.60. The Morgan fingerprint density at radius 3 is 1.89 bits per heavy atom. The number of rotatable bonds is 16. The summed E-state index contributed by atoms with van der Waals surface area (Å²) in [5.74, 6) is -3.75. The number of nitrogens with zero attached hydrogens (tertiary/aromatic N) is 1. The van der Waals surface area contributed by atoms with Crippen LogP contribution in [-0.2, 0) is 19.6 Å². The first-order valence-corrected chi connectivity index (χ1v) is 16.7. The van der Waals surface area contributed by atoms with Crippen molar-refractivity contribution < 1.29 is 41.0 Å². The van der Waals surface area contributed by atoms with Crippen molar-refractivity contribution in [3.63, 3.8) is 0 Å². The van der Waals surface area contributed by atoms with Gasteiger partial charge in [0.25, 0.3) is 0 Å². The van der Waals surface area contributed by atoms with Gasteiger partial charge >= 0.3 is 12.3 Å². The molecule has 9 nitrogen and oxygen atoms in total. The molecule has 3 aromatic rings. The van der Waals surface area contributed by atoms with E-state index in [2.05, 4.69) is 5.32 Å². The van der Waals surface area contributed by atoms with Gasteiger partial charge in [0, 0.05) is 30.1 Å². The highest BCUT2D eigenvalue weighted by atomic mass is 32.2. The number of nitrogen functional groups attached to an aromatic ring is 1. The van der Waals surface area contributed by atoms with E-state index in [0.29, 0.717) is 16.8 Å². The average molecular weight is 678 g/mol. The third-order valence-corrected chi connectivity index (χ3v) is 10.1. The summed E-state index contributed by atoms with van der Waals surface area (Å²) >= 11 is 0. The predicted molar refractivity (Wildman–Crippen MR) is 173 cm³/mol. The summed E-state index contributed by atoms with van der Waals surface area (Å²) in [6.07, 6.45) is -7.42. The molecule has 4 N–H and O–H groups in total. The second kappa shape index (κ2) is 16.8. The van der Waals surface area contributed by atoms with Crippen molar-refractivity contribution in [2.24, 2.45) is 5.92 Å². The molecule has 0 saturated heterocycles. The van der Waals surface area contributed by atoms with Gasteiger partial charge in [0.05, 0.1) is 24.5 Å².